The maximum atomic E-state index is 13.3. The van der Waals surface area contributed by atoms with Crippen LogP contribution in [0.4, 0.5) is 0 Å². The minimum atomic E-state index is -1.97. The molecule has 1 amide bonds. The number of carbonyl (C=O) groups is 2. The van der Waals surface area contributed by atoms with Crippen molar-refractivity contribution in [3.05, 3.63) is 69.7 Å². The highest BCUT2D eigenvalue weighted by Gasteiger charge is 2.49. The highest BCUT2D eigenvalue weighted by molar-refractivity contribution is 6.30. The lowest BCUT2D eigenvalue weighted by molar-refractivity contribution is -0.194. The fourth-order valence-electron chi connectivity index (χ4n) is 3.83. The number of aliphatic carboxylic acids is 1. The highest BCUT2D eigenvalue weighted by atomic mass is 35.5. The normalized spacial score (nSPS) is 25.2. The average molecular weight is 450 g/mol. The maximum Gasteiger partial charge on any atom is 0.335 e. The number of nitrogens with zero attached hydrogens (tertiary/aromatic N) is 1. The molecule has 0 aromatic heterocycles. The van der Waals surface area contributed by atoms with Gasteiger partial charge in [-0.2, -0.15) is 0 Å². The predicted molar refractivity (Wildman–Crippen MR) is 111 cm³/mol. The second-order valence-corrected chi connectivity index (χ2v) is 8.62. The molecule has 1 heterocycles. The zero-order chi connectivity index (χ0) is 21.4. The van der Waals surface area contributed by atoms with Crippen LogP contribution in [-0.4, -0.2) is 45.7 Å². The SMILES string of the molecule is O=C(O)C(O)[C@H]1O[C@H](c2cccc(Cl)c2)[C@H](c2ccc(Cl)cc2)N(CC2CC2)C1=O. The molecule has 0 bridgehead atoms. The smallest absolute Gasteiger partial charge is 0.335 e. The minimum absolute atomic E-state index is 0.351. The largest absolute Gasteiger partial charge is 0.479 e. The summed E-state index contributed by atoms with van der Waals surface area (Å²) in [7, 11) is 0. The topological polar surface area (TPSA) is 87.1 Å². The number of halogens is 2. The van der Waals surface area contributed by atoms with Crippen molar-refractivity contribution < 1.29 is 24.5 Å². The van der Waals surface area contributed by atoms with Gasteiger partial charge in [0, 0.05) is 16.6 Å². The fraction of sp³-hybridized carbons (Fsp3) is 0.364. The molecule has 1 saturated carbocycles. The van der Waals surface area contributed by atoms with Gasteiger partial charge < -0.3 is 19.8 Å². The van der Waals surface area contributed by atoms with Gasteiger partial charge in [0.2, 0.25) is 0 Å². The summed E-state index contributed by atoms with van der Waals surface area (Å²) >= 11 is 12.2. The van der Waals surface area contributed by atoms with E-state index in [9.17, 15) is 19.8 Å². The second kappa shape index (κ2) is 8.55. The van der Waals surface area contributed by atoms with Crippen LogP contribution in [0.25, 0.3) is 0 Å². The first-order valence-electron chi connectivity index (χ1n) is 9.73. The van der Waals surface area contributed by atoms with E-state index < -0.39 is 36.2 Å². The van der Waals surface area contributed by atoms with Gasteiger partial charge in [-0.25, -0.2) is 4.79 Å². The van der Waals surface area contributed by atoms with Crippen molar-refractivity contribution in [2.75, 3.05) is 6.54 Å². The Kier molecular flexibility index (Phi) is 6.02. The molecule has 30 heavy (non-hydrogen) atoms. The van der Waals surface area contributed by atoms with Gasteiger partial charge in [-0.3, -0.25) is 4.79 Å². The van der Waals surface area contributed by atoms with E-state index in [2.05, 4.69) is 0 Å². The Balaban J connectivity index is 1.81. The number of morpholine rings is 1. The van der Waals surface area contributed by atoms with Gasteiger partial charge >= 0.3 is 5.97 Å². The lowest BCUT2D eigenvalue weighted by Gasteiger charge is -2.45. The first kappa shape index (κ1) is 21.1. The molecule has 1 unspecified atom stereocenters. The quantitative estimate of drug-likeness (QED) is 0.698. The standard InChI is InChI=1S/C22H21Cl2NO5/c23-15-8-6-13(7-9-15)17-19(14-2-1-3-16(24)10-14)30-20(18(26)22(28)29)21(27)25(17)11-12-4-5-12/h1-3,6-10,12,17-20,26H,4-5,11H2,(H,28,29)/t17-,18?,19+,20+/m0/s1. The summed E-state index contributed by atoms with van der Waals surface area (Å²) in [5.41, 5.74) is 1.50. The van der Waals surface area contributed by atoms with Crippen LogP contribution in [0.15, 0.2) is 48.5 Å². The molecular weight excluding hydrogens is 429 g/mol. The molecule has 2 aromatic carbocycles. The van der Waals surface area contributed by atoms with Crippen molar-refractivity contribution in [1.82, 2.24) is 4.90 Å². The van der Waals surface area contributed by atoms with Gasteiger partial charge in [-0.1, -0.05) is 47.5 Å². The number of aliphatic hydroxyl groups excluding tert-OH is 1. The van der Waals surface area contributed by atoms with Gasteiger partial charge in [-0.15, -0.1) is 0 Å². The number of carboxylic acid groups (broad SMARTS) is 1. The van der Waals surface area contributed by atoms with Gasteiger partial charge in [0.05, 0.1) is 6.04 Å². The number of ether oxygens (including phenoxy) is 1. The number of hydrogen-bond donors (Lipinski definition) is 2. The summed E-state index contributed by atoms with van der Waals surface area (Å²) in [5.74, 6) is -1.69. The van der Waals surface area contributed by atoms with Gasteiger partial charge in [0.15, 0.2) is 12.2 Å². The van der Waals surface area contributed by atoms with Gasteiger partial charge in [0.1, 0.15) is 6.10 Å². The Morgan fingerprint density at radius 1 is 1.10 bits per heavy atom. The van der Waals surface area contributed by atoms with E-state index in [0.717, 1.165) is 18.4 Å². The number of benzene rings is 2. The summed E-state index contributed by atoms with van der Waals surface area (Å²) in [6, 6.07) is 13.7. The first-order valence-corrected chi connectivity index (χ1v) is 10.5. The molecule has 2 N–H and O–H groups in total. The van der Waals surface area contributed by atoms with Crippen LogP contribution < -0.4 is 0 Å². The summed E-state index contributed by atoms with van der Waals surface area (Å²) in [5, 5.41) is 20.6. The van der Waals surface area contributed by atoms with Gasteiger partial charge in [0.25, 0.3) is 5.91 Å². The van der Waals surface area contributed by atoms with E-state index in [1.807, 2.05) is 18.2 Å². The molecule has 0 radical (unpaired) electrons. The van der Waals surface area contributed by atoms with Crippen molar-refractivity contribution in [1.29, 1.82) is 0 Å². The zero-order valence-corrected chi connectivity index (χ0v) is 17.5. The van der Waals surface area contributed by atoms with Crippen molar-refractivity contribution in [3.8, 4) is 0 Å². The first-order chi connectivity index (χ1) is 14.3. The maximum absolute atomic E-state index is 13.3. The summed E-state index contributed by atoms with van der Waals surface area (Å²) < 4.78 is 5.98. The Morgan fingerprint density at radius 3 is 2.40 bits per heavy atom. The van der Waals surface area contributed by atoms with E-state index in [0.29, 0.717) is 28.1 Å². The van der Waals surface area contributed by atoms with E-state index in [-0.39, 0.29) is 0 Å². The Hall–Kier alpha value is -2.12. The van der Waals surface area contributed by atoms with Crippen LogP contribution >= 0.6 is 23.2 Å². The molecule has 6 nitrogen and oxygen atoms in total. The number of carbonyl (C=O) groups excluding carboxylic acids is 1. The zero-order valence-electron chi connectivity index (χ0n) is 15.9. The minimum Gasteiger partial charge on any atom is -0.479 e. The van der Waals surface area contributed by atoms with Crippen LogP contribution in [0, 0.1) is 5.92 Å². The van der Waals surface area contributed by atoms with E-state index in [4.69, 9.17) is 27.9 Å². The molecule has 0 spiro atoms. The van der Waals surface area contributed by atoms with Crippen LogP contribution in [0.1, 0.15) is 36.1 Å². The number of hydrogen-bond acceptors (Lipinski definition) is 4. The monoisotopic (exact) mass is 449 g/mol. The molecule has 158 valence electrons. The van der Waals surface area contributed by atoms with E-state index in [1.54, 1.807) is 35.2 Å². The number of aliphatic hydroxyl groups is 1. The molecule has 1 aliphatic carbocycles. The molecule has 2 fully saturated rings. The Labute approximate surface area is 184 Å². The summed E-state index contributed by atoms with van der Waals surface area (Å²) in [6.45, 7) is 0.468. The lowest BCUT2D eigenvalue weighted by atomic mass is 9.90. The Bertz CT molecular complexity index is 947. The molecule has 1 aliphatic heterocycles. The number of rotatable bonds is 6. The van der Waals surface area contributed by atoms with E-state index >= 15 is 0 Å². The molecule has 8 heteroatoms. The summed E-state index contributed by atoms with van der Waals surface area (Å²) in [6.07, 6.45) is -2.17. The third-order valence-electron chi connectivity index (χ3n) is 5.52. The molecule has 1 saturated heterocycles. The third-order valence-corrected chi connectivity index (χ3v) is 6.01. The second-order valence-electron chi connectivity index (χ2n) is 7.75. The Morgan fingerprint density at radius 2 is 1.80 bits per heavy atom. The van der Waals surface area contributed by atoms with Crippen LogP contribution in [0.3, 0.4) is 0 Å². The highest BCUT2D eigenvalue weighted by Crippen LogP contribution is 2.45. The van der Waals surface area contributed by atoms with Crippen molar-refractivity contribution >= 4 is 35.1 Å². The average Bonchev–Trinajstić information content (AvgIpc) is 3.54. The van der Waals surface area contributed by atoms with Crippen LogP contribution in [0.2, 0.25) is 10.0 Å². The van der Waals surface area contributed by atoms with Crippen molar-refractivity contribution in [3.63, 3.8) is 0 Å². The molecule has 4 atom stereocenters. The number of carboxylic acids is 1. The lowest BCUT2D eigenvalue weighted by Crippen LogP contribution is -2.56. The number of amides is 1. The molecule has 2 aromatic rings. The summed E-state index contributed by atoms with van der Waals surface area (Å²) in [4.78, 5) is 26.3. The molecule has 4 rings (SSSR count). The van der Waals surface area contributed by atoms with Gasteiger partial charge in [-0.05, 0) is 54.2 Å². The fourth-order valence-corrected chi connectivity index (χ4v) is 4.16. The van der Waals surface area contributed by atoms with E-state index in [1.165, 1.54) is 0 Å². The third kappa shape index (κ3) is 4.32. The molecular formula is C22H21Cl2NO5. The predicted octanol–water partition coefficient (Wildman–Crippen LogP) is 3.86. The van der Waals surface area contributed by atoms with Crippen LogP contribution in [0.5, 0.6) is 0 Å². The van der Waals surface area contributed by atoms with Crippen molar-refractivity contribution in [2.45, 2.75) is 37.2 Å². The van der Waals surface area contributed by atoms with Crippen molar-refractivity contribution in [2.24, 2.45) is 5.92 Å². The van der Waals surface area contributed by atoms with Crippen LogP contribution in [-0.2, 0) is 14.3 Å². The molecule has 2 aliphatic rings.